The summed E-state index contributed by atoms with van der Waals surface area (Å²) >= 11 is 0. The minimum Gasteiger partial charge on any atom is -0.454 e. The lowest BCUT2D eigenvalue weighted by Gasteiger charge is -2.37. The third kappa shape index (κ3) is 3.23. The van der Waals surface area contributed by atoms with E-state index in [1.165, 1.54) is 6.20 Å². The van der Waals surface area contributed by atoms with Gasteiger partial charge >= 0.3 is 0 Å². The van der Waals surface area contributed by atoms with Crippen LogP contribution in [0.25, 0.3) is 0 Å². The Labute approximate surface area is 161 Å². The van der Waals surface area contributed by atoms with Gasteiger partial charge in [0.25, 0.3) is 5.91 Å². The Bertz CT molecular complexity index is 872. The van der Waals surface area contributed by atoms with Crippen molar-refractivity contribution in [2.75, 3.05) is 43.3 Å². The number of anilines is 2. The summed E-state index contributed by atoms with van der Waals surface area (Å²) in [7, 11) is 0. The molecular formula is C19H20N4O5. The number of ether oxygens (including phenoxy) is 4. The van der Waals surface area contributed by atoms with Crippen molar-refractivity contribution >= 4 is 17.4 Å². The van der Waals surface area contributed by atoms with E-state index in [2.05, 4.69) is 20.2 Å². The number of carbonyl (C=O) groups is 1. The molecule has 2 aromatic rings. The van der Waals surface area contributed by atoms with Crippen LogP contribution in [0, 0.1) is 0 Å². The van der Waals surface area contributed by atoms with Crippen LogP contribution in [0.5, 0.6) is 11.5 Å². The van der Waals surface area contributed by atoms with E-state index in [4.69, 9.17) is 18.9 Å². The number of benzene rings is 1. The molecule has 1 spiro atoms. The molecule has 3 aliphatic rings. The van der Waals surface area contributed by atoms with E-state index in [-0.39, 0.29) is 18.4 Å². The molecule has 1 aromatic carbocycles. The molecule has 0 saturated carbocycles. The van der Waals surface area contributed by atoms with Gasteiger partial charge in [0.1, 0.15) is 11.5 Å². The first-order valence-electron chi connectivity index (χ1n) is 9.27. The second kappa shape index (κ2) is 6.92. The van der Waals surface area contributed by atoms with Crippen LogP contribution in [0.1, 0.15) is 23.3 Å². The van der Waals surface area contributed by atoms with Crippen LogP contribution in [0.3, 0.4) is 0 Å². The third-order valence-corrected chi connectivity index (χ3v) is 5.16. The number of aromatic nitrogens is 2. The summed E-state index contributed by atoms with van der Waals surface area (Å²) in [6.45, 7) is 3.06. The van der Waals surface area contributed by atoms with Crippen LogP contribution in [-0.4, -0.2) is 54.8 Å². The van der Waals surface area contributed by atoms with Crippen molar-refractivity contribution in [2.24, 2.45) is 0 Å². The summed E-state index contributed by atoms with van der Waals surface area (Å²) in [5, 5.41) is 2.80. The highest BCUT2D eigenvalue weighted by Crippen LogP contribution is 2.34. The quantitative estimate of drug-likeness (QED) is 0.856. The topological polar surface area (TPSA) is 95.0 Å². The van der Waals surface area contributed by atoms with Crippen molar-refractivity contribution in [1.82, 2.24) is 9.97 Å². The van der Waals surface area contributed by atoms with Crippen LogP contribution < -0.4 is 19.7 Å². The fraction of sp³-hybridized carbons (Fsp3) is 0.421. The number of amides is 1. The zero-order valence-corrected chi connectivity index (χ0v) is 15.2. The van der Waals surface area contributed by atoms with Gasteiger partial charge in [-0.3, -0.25) is 4.79 Å². The van der Waals surface area contributed by atoms with Gasteiger partial charge in [-0.25, -0.2) is 9.97 Å². The zero-order chi connectivity index (χ0) is 19.0. The molecule has 0 unspecified atom stereocenters. The van der Waals surface area contributed by atoms with Gasteiger partial charge in [-0.05, 0) is 12.1 Å². The third-order valence-electron chi connectivity index (χ3n) is 5.16. The monoisotopic (exact) mass is 384 g/mol. The predicted molar refractivity (Wildman–Crippen MR) is 98.6 cm³/mol. The van der Waals surface area contributed by atoms with Crippen LogP contribution in [0.4, 0.5) is 11.5 Å². The van der Waals surface area contributed by atoms with Crippen LogP contribution in [0.15, 0.2) is 30.6 Å². The SMILES string of the molecule is O=C(Nc1ccc2c(c1)OCO2)c1cnc(N2CCC3(CC2)OCCO3)cn1. The highest BCUT2D eigenvalue weighted by atomic mass is 16.7. The molecule has 2 saturated heterocycles. The predicted octanol–water partition coefficient (Wildman–Crippen LogP) is 1.80. The molecular weight excluding hydrogens is 364 g/mol. The molecule has 9 nitrogen and oxygen atoms in total. The Balaban J connectivity index is 1.22. The summed E-state index contributed by atoms with van der Waals surface area (Å²) in [5.74, 6) is 1.26. The van der Waals surface area contributed by atoms with Crippen LogP contribution in [0.2, 0.25) is 0 Å². The zero-order valence-electron chi connectivity index (χ0n) is 15.2. The molecule has 0 radical (unpaired) electrons. The van der Waals surface area contributed by atoms with Crippen molar-refractivity contribution in [3.8, 4) is 11.5 Å². The lowest BCUT2D eigenvalue weighted by Crippen LogP contribution is -2.45. The molecule has 146 valence electrons. The number of nitrogens with zero attached hydrogens (tertiary/aromatic N) is 3. The molecule has 28 heavy (non-hydrogen) atoms. The molecule has 3 aliphatic heterocycles. The molecule has 9 heteroatoms. The minimum absolute atomic E-state index is 0.190. The van der Waals surface area contributed by atoms with E-state index in [1.54, 1.807) is 24.4 Å². The lowest BCUT2D eigenvalue weighted by atomic mass is 10.0. The largest absolute Gasteiger partial charge is 0.454 e. The number of hydrogen-bond donors (Lipinski definition) is 1. The van der Waals surface area contributed by atoms with E-state index in [0.29, 0.717) is 30.4 Å². The van der Waals surface area contributed by atoms with E-state index in [9.17, 15) is 4.79 Å². The standard InChI is InChI=1S/C19H20N4O5/c24-18(22-13-1-2-15-16(9-13)26-12-25-15)14-10-21-17(11-20-14)23-5-3-19(4-6-23)27-7-8-28-19/h1-2,9-11H,3-8,12H2,(H,22,24). The normalized spacial score (nSPS) is 19.8. The van der Waals surface area contributed by atoms with E-state index < -0.39 is 5.79 Å². The van der Waals surface area contributed by atoms with Gasteiger partial charge in [0.2, 0.25) is 6.79 Å². The second-order valence-corrected chi connectivity index (χ2v) is 6.88. The molecule has 4 heterocycles. The highest BCUT2D eigenvalue weighted by Gasteiger charge is 2.40. The molecule has 0 atom stereocenters. The van der Waals surface area contributed by atoms with Crippen molar-refractivity contribution in [2.45, 2.75) is 18.6 Å². The Morgan fingerprint density at radius 3 is 2.57 bits per heavy atom. The Morgan fingerprint density at radius 2 is 1.82 bits per heavy atom. The van der Waals surface area contributed by atoms with Crippen molar-refractivity contribution in [3.63, 3.8) is 0 Å². The van der Waals surface area contributed by atoms with E-state index in [1.807, 2.05) is 0 Å². The van der Waals surface area contributed by atoms with Crippen molar-refractivity contribution in [3.05, 3.63) is 36.3 Å². The maximum Gasteiger partial charge on any atom is 0.275 e. The van der Waals surface area contributed by atoms with Gasteiger partial charge in [0.05, 0.1) is 25.6 Å². The second-order valence-electron chi connectivity index (χ2n) is 6.88. The van der Waals surface area contributed by atoms with Gasteiger partial charge in [0, 0.05) is 37.7 Å². The summed E-state index contributed by atoms with van der Waals surface area (Å²) < 4.78 is 22.1. The fourth-order valence-electron chi connectivity index (χ4n) is 3.63. The number of nitrogens with one attached hydrogen (secondary N) is 1. The Kier molecular flexibility index (Phi) is 4.25. The fourth-order valence-corrected chi connectivity index (χ4v) is 3.63. The van der Waals surface area contributed by atoms with Crippen molar-refractivity contribution < 1.29 is 23.7 Å². The van der Waals surface area contributed by atoms with Gasteiger partial charge in [0.15, 0.2) is 17.3 Å². The van der Waals surface area contributed by atoms with Crippen LogP contribution >= 0.6 is 0 Å². The Morgan fingerprint density at radius 1 is 1.04 bits per heavy atom. The molecule has 1 amide bonds. The van der Waals surface area contributed by atoms with Gasteiger partial charge in [-0.2, -0.15) is 0 Å². The number of carbonyl (C=O) groups excluding carboxylic acids is 1. The highest BCUT2D eigenvalue weighted by molar-refractivity contribution is 6.02. The first-order chi connectivity index (χ1) is 13.7. The Hall–Kier alpha value is -2.91. The molecule has 1 N–H and O–H groups in total. The number of hydrogen-bond acceptors (Lipinski definition) is 8. The summed E-state index contributed by atoms with van der Waals surface area (Å²) in [4.78, 5) is 23.3. The molecule has 2 fully saturated rings. The number of fused-ring (bicyclic) bond motifs is 1. The lowest BCUT2D eigenvalue weighted by molar-refractivity contribution is -0.169. The first-order valence-corrected chi connectivity index (χ1v) is 9.27. The first kappa shape index (κ1) is 17.2. The minimum atomic E-state index is -0.422. The molecule has 0 bridgehead atoms. The van der Waals surface area contributed by atoms with E-state index in [0.717, 1.165) is 31.7 Å². The summed E-state index contributed by atoms with van der Waals surface area (Å²) in [5.41, 5.74) is 0.857. The summed E-state index contributed by atoms with van der Waals surface area (Å²) in [6, 6.07) is 5.23. The number of piperidine rings is 1. The average Bonchev–Trinajstić information content (AvgIpc) is 3.38. The maximum absolute atomic E-state index is 12.4. The van der Waals surface area contributed by atoms with Crippen LogP contribution in [-0.2, 0) is 9.47 Å². The van der Waals surface area contributed by atoms with Gasteiger partial charge < -0.3 is 29.2 Å². The maximum atomic E-state index is 12.4. The molecule has 0 aliphatic carbocycles. The van der Waals surface area contributed by atoms with Gasteiger partial charge in [-0.15, -0.1) is 0 Å². The summed E-state index contributed by atoms with van der Waals surface area (Å²) in [6.07, 6.45) is 4.70. The van der Waals surface area contributed by atoms with Crippen molar-refractivity contribution in [1.29, 1.82) is 0 Å². The number of rotatable bonds is 3. The van der Waals surface area contributed by atoms with E-state index >= 15 is 0 Å². The average molecular weight is 384 g/mol. The molecule has 1 aromatic heterocycles. The smallest absolute Gasteiger partial charge is 0.275 e. The van der Waals surface area contributed by atoms with Gasteiger partial charge in [-0.1, -0.05) is 0 Å². The molecule has 5 rings (SSSR count).